The molecule has 0 amide bonds. The van der Waals surface area contributed by atoms with Gasteiger partial charge in [0, 0.05) is 25.4 Å². The Morgan fingerprint density at radius 2 is 1.88 bits per heavy atom. The highest BCUT2D eigenvalue weighted by Gasteiger charge is 2.43. The summed E-state index contributed by atoms with van der Waals surface area (Å²) in [7, 11) is 0. The molecule has 3 aliphatic rings. The van der Waals surface area contributed by atoms with E-state index in [1.165, 1.54) is 0 Å². The molecule has 9 heteroatoms. The Balaban J connectivity index is 1.16. The zero-order valence-corrected chi connectivity index (χ0v) is 18.9. The number of fused-ring (bicyclic) bond motifs is 2. The van der Waals surface area contributed by atoms with Crippen LogP contribution >= 0.6 is 11.6 Å². The molecule has 3 aliphatic heterocycles. The number of pyridine rings is 1. The molecule has 8 nitrogen and oxygen atoms in total. The van der Waals surface area contributed by atoms with Crippen LogP contribution in [0, 0.1) is 5.92 Å². The van der Waals surface area contributed by atoms with Crippen LogP contribution in [0.4, 0.5) is 0 Å². The van der Waals surface area contributed by atoms with E-state index in [4.69, 9.17) is 35.3 Å². The smallest absolute Gasteiger partial charge is 0.296 e. The molecule has 3 atom stereocenters. The Kier molecular flexibility index (Phi) is 5.84. The fraction of sp³-hybridized carbons (Fsp3) is 0.500. The normalized spacial score (nSPS) is 25.4. The number of imidazole rings is 1. The number of nitrogens with one attached hydrogen (secondary N) is 1. The first-order chi connectivity index (χ1) is 16.2. The summed E-state index contributed by atoms with van der Waals surface area (Å²) in [5.41, 5.74) is 2.84. The van der Waals surface area contributed by atoms with Gasteiger partial charge in [0.1, 0.15) is 11.9 Å². The van der Waals surface area contributed by atoms with E-state index in [1.807, 2.05) is 30.3 Å². The van der Waals surface area contributed by atoms with Gasteiger partial charge in [-0.2, -0.15) is 4.98 Å². The third-order valence-corrected chi connectivity index (χ3v) is 6.83. The summed E-state index contributed by atoms with van der Waals surface area (Å²) in [5.74, 6) is 1.39. The Morgan fingerprint density at radius 1 is 1.03 bits per heavy atom. The van der Waals surface area contributed by atoms with Crippen molar-refractivity contribution in [1.29, 1.82) is 0 Å². The minimum absolute atomic E-state index is 0.0440. The first kappa shape index (κ1) is 21.2. The number of nitrogens with zero attached hydrogens (tertiary/aromatic N) is 2. The summed E-state index contributed by atoms with van der Waals surface area (Å²) in [6.45, 7) is 3.55. The largest absolute Gasteiger partial charge is 0.493 e. The summed E-state index contributed by atoms with van der Waals surface area (Å²) in [4.78, 5) is 12.4. The molecule has 3 fully saturated rings. The van der Waals surface area contributed by atoms with Gasteiger partial charge in [0.05, 0.1) is 35.6 Å². The Morgan fingerprint density at radius 3 is 2.73 bits per heavy atom. The van der Waals surface area contributed by atoms with Gasteiger partial charge in [0.25, 0.3) is 6.01 Å². The molecule has 0 spiro atoms. The molecule has 174 valence electrons. The molecule has 1 unspecified atom stereocenters. The van der Waals surface area contributed by atoms with Crippen LogP contribution in [-0.2, 0) is 14.2 Å². The molecule has 2 aromatic heterocycles. The third-order valence-electron chi connectivity index (χ3n) is 6.54. The first-order valence-corrected chi connectivity index (χ1v) is 11.9. The number of benzene rings is 1. The standard InChI is InChI=1S/C24H26ClN3O5/c25-17-11-18-23(28-24(26-18)33-20-13-32-19-7-10-30-22(19)20)27-21(17)15-1-3-16(4-2-15)31-12-14-5-8-29-9-6-14/h1-4,11,14,19-20,22H,5-10,12-13H2,(H,26,27,28)/t19-,20?,22+/m1/s1. The fourth-order valence-electron chi connectivity index (χ4n) is 4.66. The Bertz CT molecular complexity index is 1120. The lowest BCUT2D eigenvalue weighted by molar-refractivity contribution is 0.0273. The SMILES string of the molecule is Clc1cc2[nH]c(OC3CO[C@@H]4CCO[C@H]34)nc2nc1-c1ccc(OCC2CCOCC2)cc1. The van der Waals surface area contributed by atoms with Crippen LogP contribution in [0.25, 0.3) is 22.4 Å². The average Bonchev–Trinajstić information content (AvgIpc) is 3.55. The maximum Gasteiger partial charge on any atom is 0.296 e. The van der Waals surface area contributed by atoms with Gasteiger partial charge < -0.3 is 28.7 Å². The molecule has 1 aromatic carbocycles. The molecule has 0 bridgehead atoms. The van der Waals surface area contributed by atoms with E-state index in [9.17, 15) is 0 Å². The highest BCUT2D eigenvalue weighted by Crippen LogP contribution is 2.32. The Labute approximate surface area is 196 Å². The molecule has 6 rings (SSSR count). The first-order valence-electron chi connectivity index (χ1n) is 11.5. The van der Waals surface area contributed by atoms with Gasteiger partial charge in [-0.1, -0.05) is 11.6 Å². The van der Waals surface area contributed by atoms with Gasteiger partial charge in [0.2, 0.25) is 0 Å². The predicted octanol–water partition coefficient (Wildman–Crippen LogP) is 4.02. The molecular formula is C24H26ClN3O5. The van der Waals surface area contributed by atoms with Crippen molar-refractivity contribution in [3.8, 4) is 23.0 Å². The molecule has 0 saturated carbocycles. The zero-order valence-electron chi connectivity index (χ0n) is 18.2. The van der Waals surface area contributed by atoms with Crippen LogP contribution in [0.3, 0.4) is 0 Å². The molecule has 0 aliphatic carbocycles. The van der Waals surface area contributed by atoms with Gasteiger partial charge >= 0.3 is 0 Å². The van der Waals surface area contributed by atoms with Crippen LogP contribution in [0.2, 0.25) is 5.02 Å². The van der Waals surface area contributed by atoms with Crippen molar-refractivity contribution in [2.24, 2.45) is 5.92 Å². The predicted molar refractivity (Wildman–Crippen MR) is 122 cm³/mol. The van der Waals surface area contributed by atoms with Gasteiger partial charge in [-0.15, -0.1) is 0 Å². The van der Waals surface area contributed by atoms with Crippen molar-refractivity contribution < 1.29 is 23.7 Å². The number of halogens is 1. The molecule has 3 aromatic rings. The van der Waals surface area contributed by atoms with Crippen molar-refractivity contribution >= 4 is 22.8 Å². The lowest BCUT2D eigenvalue weighted by Crippen LogP contribution is -2.32. The van der Waals surface area contributed by atoms with Crippen LogP contribution in [0.5, 0.6) is 11.8 Å². The molecule has 0 radical (unpaired) electrons. The van der Waals surface area contributed by atoms with E-state index < -0.39 is 0 Å². The second-order valence-corrected chi connectivity index (χ2v) is 9.18. The number of aromatic amines is 1. The van der Waals surface area contributed by atoms with Gasteiger partial charge in [-0.3, -0.25) is 0 Å². The van der Waals surface area contributed by atoms with Crippen LogP contribution in [0.15, 0.2) is 30.3 Å². The molecule has 3 saturated heterocycles. The van der Waals surface area contributed by atoms with Crippen LogP contribution in [0.1, 0.15) is 19.3 Å². The number of hydrogen-bond donors (Lipinski definition) is 1. The van der Waals surface area contributed by atoms with E-state index in [2.05, 4.69) is 15.0 Å². The van der Waals surface area contributed by atoms with E-state index >= 15 is 0 Å². The maximum atomic E-state index is 6.56. The molecule has 1 N–H and O–H groups in total. The summed E-state index contributed by atoms with van der Waals surface area (Å²) in [6, 6.07) is 10.1. The topological polar surface area (TPSA) is 87.7 Å². The number of hydrogen-bond acceptors (Lipinski definition) is 7. The van der Waals surface area contributed by atoms with Crippen molar-refractivity contribution in [3.63, 3.8) is 0 Å². The van der Waals surface area contributed by atoms with E-state index in [1.54, 1.807) is 0 Å². The summed E-state index contributed by atoms with van der Waals surface area (Å²) in [6.07, 6.45) is 2.90. The number of aromatic nitrogens is 3. The monoisotopic (exact) mass is 471 g/mol. The van der Waals surface area contributed by atoms with Gasteiger partial charge in [-0.05, 0) is 55.5 Å². The van der Waals surface area contributed by atoms with E-state index in [0.29, 0.717) is 48.1 Å². The summed E-state index contributed by atoms with van der Waals surface area (Å²) < 4.78 is 28.9. The highest BCUT2D eigenvalue weighted by atomic mass is 35.5. The molecule has 33 heavy (non-hydrogen) atoms. The number of H-pyrrole nitrogens is 1. The van der Waals surface area contributed by atoms with Gasteiger partial charge in [-0.25, -0.2) is 4.98 Å². The lowest BCUT2D eigenvalue weighted by Gasteiger charge is -2.22. The second kappa shape index (κ2) is 9.10. The minimum atomic E-state index is -0.179. The second-order valence-electron chi connectivity index (χ2n) is 8.78. The average molecular weight is 472 g/mol. The highest BCUT2D eigenvalue weighted by molar-refractivity contribution is 6.33. The molecular weight excluding hydrogens is 446 g/mol. The third kappa shape index (κ3) is 4.40. The summed E-state index contributed by atoms with van der Waals surface area (Å²) in [5, 5.41) is 0.539. The quantitative estimate of drug-likeness (QED) is 0.581. The van der Waals surface area contributed by atoms with Crippen molar-refractivity contribution in [3.05, 3.63) is 35.4 Å². The van der Waals surface area contributed by atoms with Crippen molar-refractivity contribution in [1.82, 2.24) is 15.0 Å². The van der Waals surface area contributed by atoms with Crippen molar-refractivity contribution in [2.75, 3.05) is 33.0 Å². The minimum Gasteiger partial charge on any atom is -0.493 e. The van der Waals surface area contributed by atoms with Crippen LogP contribution < -0.4 is 9.47 Å². The maximum absolute atomic E-state index is 6.56. The van der Waals surface area contributed by atoms with Crippen molar-refractivity contribution in [2.45, 2.75) is 37.6 Å². The van der Waals surface area contributed by atoms with E-state index in [-0.39, 0.29) is 18.3 Å². The number of ether oxygens (including phenoxy) is 5. The fourth-order valence-corrected chi connectivity index (χ4v) is 4.93. The molecule has 5 heterocycles. The van der Waals surface area contributed by atoms with Gasteiger partial charge in [0.15, 0.2) is 11.8 Å². The number of rotatable bonds is 6. The van der Waals surface area contributed by atoms with Crippen LogP contribution in [-0.4, -0.2) is 66.3 Å². The summed E-state index contributed by atoms with van der Waals surface area (Å²) >= 11 is 6.56. The Hall–Kier alpha value is -2.39. The lowest BCUT2D eigenvalue weighted by atomic mass is 10.0. The van der Waals surface area contributed by atoms with E-state index in [0.717, 1.165) is 49.3 Å². The zero-order chi connectivity index (χ0) is 22.2.